The van der Waals surface area contributed by atoms with E-state index in [0.717, 1.165) is 6.42 Å². The van der Waals surface area contributed by atoms with Crippen LogP contribution in [0.25, 0.3) is 0 Å². The monoisotopic (exact) mass is 563 g/mol. The number of carbonyl (C=O) groups excluding carboxylic acids is 3. The van der Waals surface area contributed by atoms with Crippen molar-refractivity contribution in [2.24, 2.45) is 5.92 Å². The van der Waals surface area contributed by atoms with Crippen LogP contribution in [0.3, 0.4) is 0 Å². The summed E-state index contributed by atoms with van der Waals surface area (Å²) in [7, 11) is -3.84. The fraction of sp³-hybridized carbons (Fsp3) is 0.414. The molecule has 3 heterocycles. The van der Waals surface area contributed by atoms with Gasteiger partial charge in [0.15, 0.2) is 5.78 Å². The number of carbonyl (C=O) groups is 3. The van der Waals surface area contributed by atoms with E-state index in [0.29, 0.717) is 68.0 Å². The molecule has 2 amide bonds. The number of allylic oxidation sites excluding steroid dienone is 1. The van der Waals surface area contributed by atoms with Crippen molar-refractivity contribution in [1.29, 1.82) is 5.26 Å². The Morgan fingerprint density at radius 2 is 1.90 bits per heavy atom. The van der Waals surface area contributed by atoms with Gasteiger partial charge in [-0.25, -0.2) is 13.4 Å². The first-order valence-electron chi connectivity index (χ1n) is 13.4. The van der Waals surface area contributed by atoms with Crippen LogP contribution in [0.2, 0.25) is 0 Å². The van der Waals surface area contributed by atoms with Crippen LogP contribution in [0.1, 0.15) is 65.7 Å². The summed E-state index contributed by atoms with van der Waals surface area (Å²) in [5.74, 6) is -1.08. The summed E-state index contributed by atoms with van der Waals surface area (Å²) in [5, 5.41) is 9.90. The van der Waals surface area contributed by atoms with Gasteiger partial charge < -0.3 is 9.80 Å². The van der Waals surface area contributed by atoms with Crippen LogP contribution in [0.5, 0.6) is 0 Å². The number of pyridine rings is 1. The van der Waals surface area contributed by atoms with Gasteiger partial charge in [-0.2, -0.15) is 5.26 Å². The zero-order valence-electron chi connectivity index (χ0n) is 22.3. The van der Waals surface area contributed by atoms with Gasteiger partial charge in [-0.05, 0) is 37.3 Å². The first kappa shape index (κ1) is 29.0. The number of hydrogen-bond acceptors (Lipinski definition) is 8. The Morgan fingerprint density at radius 3 is 2.52 bits per heavy atom. The van der Waals surface area contributed by atoms with Crippen molar-refractivity contribution in [1.82, 2.24) is 14.6 Å². The Balaban J connectivity index is 1.48. The van der Waals surface area contributed by atoms with Crippen LogP contribution in [0.15, 0.2) is 49.1 Å². The Bertz CT molecular complexity index is 1430. The number of ketones is 1. The minimum atomic E-state index is -3.84. The lowest BCUT2D eigenvalue weighted by atomic mass is 9.95. The zero-order chi connectivity index (χ0) is 28.7. The van der Waals surface area contributed by atoms with Gasteiger partial charge in [-0.1, -0.05) is 36.4 Å². The van der Waals surface area contributed by atoms with E-state index in [-0.39, 0.29) is 36.0 Å². The number of hydrogen-bond donors (Lipinski definition) is 1. The first-order valence-corrected chi connectivity index (χ1v) is 15.0. The molecule has 0 bridgehead atoms. The van der Waals surface area contributed by atoms with Crippen LogP contribution in [-0.2, 0) is 31.9 Å². The average molecular weight is 564 g/mol. The van der Waals surface area contributed by atoms with Gasteiger partial charge in [0.1, 0.15) is 11.9 Å². The van der Waals surface area contributed by atoms with Crippen molar-refractivity contribution in [2.75, 3.05) is 24.5 Å². The molecule has 2 aliphatic heterocycles. The van der Waals surface area contributed by atoms with Crippen molar-refractivity contribution < 1.29 is 22.8 Å². The van der Waals surface area contributed by atoms with Crippen molar-refractivity contribution in [2.45, 2.75) is 50.8 Å². The van der Waals surface area contributed by atoms with Crippen molar-refractivity contribution in [3.63, 3.8) is 0 Å². The molecule has 40 heavy (non-hydrogen) atoms. The number of amides is 2. The lowest BCUT2D eigenvalue weighted by molar-refractivity contribution is -0.128. The van der Waals surface area contributed by atoms with Crippen LogP contribution in [-0.4, -0.2) is 55.5 Å². The third-order valence-electron chi connectivity index (χ3n) is 7.21. The molecule has 10 nitrogen and oxygen atoms in total. The van der Waals surface area contributed by atoms with E-state index in [1.54, 1.807) is 47.4 Å². The van der Waals surface area contributed by atoms with Gasteiger partial charge in [-0.3, -0.25) is 19.1 Å². The Hall–Kier alpha value is -4.04. The van der Waals surface area contributed by atoms with Gasteiger partial charge in [0.05, 0.1) is 23.6 Å². The number of nitrogens with one attached hydrogen (secondary N) is 1. The van der Waals surface area contributed by atoms with Gasteiger partial charge in [0, 0.05) is 44.0 Å². The molecule has 11 heteroatoms. The molecule has 2 aliphatic rings. The van der Waals surface area contributed by atoms with Crippen LogP contribution >= 0.6 is 0 Å². The highest BCUT2D eigenvalue weighted by atomic mass is 32.2. The van der Waals surface area contributed by atoms with Gasteiger partial charge >= 0.3 is 0 Å². The normalized spacial score (nSPS) is 16.0. The highest BCUT2D eigenvalue weighted by Crippen LogP contribution is 2.29. The third kappa shape index (κ3) is 7.12. The summed E-state index contributed by atoms with van der Waals surface area (Å²) in [6.07, 6.45) is 4.32. The lowest BCUT2D eigenvalue weighted by Gasteiger charge is -2.33. The number of nitrogens with zero attached hydrogens (tertiary/aromatic N) is 4. The SMILES string of the molecule is C=CCCC(=O)c1cc(C#N)c(N2CCC(C(=O)NS(=O)(=O)Cc3ccccc3)CC2)nc1CN1CCCC1=O. The van der Waals surface area contributed by atoms with Gasteiger partial charge in [-0.15, -0.1) is 6.58 Å². The maximum Gasteiger partial charge on any atom is 0.239 e. The lowest BCUT2D eigenvalue weighted by Crippen LogP contribution is -2.43. The molecule has 0 saturated carbocycles. The van der Waals surface area contributed by atoms with Crippen molar-refractivity contribution >= 4 is 33.4 Å². The molecular weight excluding hydrogens is 530 g/mol. The second-order valence-corrected chi connectivity index (χ2v) is 11.8. The number of anilines is 1. The number of nitriles is 1. The van der Waals surface area contributed by atoms with E-state index in [9.17, 15) is 28.1 Å². The summed E-state index contributed by atoms with van der Waals surface area (Å²) < 4.78 is 27.3. The van der Waals surface area contributed by atoms with Crippen LogP contribution in [0, 0.1) is 17.2 Å². The minimum absolute atomic E-state index is 0.00578. The number of sulfonamides is 1. The molecular formula is C29H33N5O5S. The molecule has 2 aromatic rings. The number of rotatable bonds is 11. The van der Waals surface area contributed by atoms with Gasteiger partial charge in [0.2, 0.25) is 21.8 Å². The molecule has 0 radical (unpaired) electrons. The fourth-order valence-corrected chi connectivity index (χ4v) is 6.24. The molecule has 1 N–H and O–H groups in total. The quantitative estimate of drug-likeness (QED) is 0.325. The second-order valence-electron chi connectivity index (χ2n) is 10.1. The van der Waals surface area contributed by atoms with E-state index < -0.39 is 21.8 Å². The Morgan fingerprint density at radius 1 is 1.18 bits per heavy atom. The third-order valence-corrected chi connectivity index (χ3v) is 8.44. The fourth-order valence-electron chi connectivity index (χ4n) is 5.07. The molecule has 2 saturated heterocycles. The van der Waals surface area contributed by atoms with Crippen molar-refractivity contribution in [3.8, 4) is 6.07 Å². The highest BCUT2D eigenvalue weighted by Gasteiger charge is 2.31. The van der Waals surface area contributed by atoms with E-state index in [4.69, 9.17) is 4.98 Å². The summed E-state index contributed by atoms with van der Waals surface area (Å²) in [6, 6.07) is 12.3. The zero-order valence-corrected chi connectivity index (χ0v) is 23.2. The van der Waals surface area contributed by atoms with Crippen LogP contribution in [0.4, 0.5) is 5.82 Å². The minimum Gasteiger partial charge on any atom is -0.355 e. The average Bonchev–Trinajstić information content (AvgIpc) is 3.35. The molecule has 210 valence electrons. The number of benzene rings is 1. The first-order chi connectivity index (χ1) is 19.2. The number of likely N-dealkylation sites (tertiary alicyclic amines) is 1. The van der Waals surface area contributed by atoms with E-state index in [2.05, 4.69) is 17.4 Å². The molecule has 0 aliphatic carbocycles. The maximum absolute atomic E-state index is 13.0. The number of piperidine rings is 1. The van der Waals surface area contributed by atoms with Crippen LogP contribution < -0.4 is 9.62 Å². The summed E-state index contributed by atoms with van der Waals surface area (Å²) in [6.45, 7) is 5.20. The summed E-state index contributed by atoms with van der Waals surface area (Å²) in [5.41, 5.74) is 1.61. The maximum atomic E-state index is 13.0. The van der Waals surface area contributed by atoms with E-state index in [1.807, 2.05) is 4.90 Å². The molecule has 0 atom stereocenters. The predicted octanol–water partition coefficient (Wildman–Crippen LogP) is 3.09. The highest BCUT2D eigenvalue weighted by molar-refractivity contribution is 7.89. The number of aromatic nitrogens is 1. The summed E-state index contributed by atoms with van der Waals surface area (Å²) in [4.78, 5) is 46.4. The molecule has 0 unspecified atom stereocenters. The summed E-state index contributed by atoms with van der Waals surface area (Å²) >= 11 is 0. The molecule has 1 aromatic heterocycles. The Kier molecular flexibility index (Phi) is 9.32. The van der Waals surface area contributed by atoms with Gasteiger partial charge in [0.25, 0.3) is 0 Å². The standard InChI is InChI=1S/C29H33N5O5S/c1-2-3-10-26(35)24-17-23(18-30)28(31-25(24)19-34-14-7-11-27(34)36)33-15-12-22(13-16-33)29(37)32-40(38,39)20-21-8-5-4-6-9-21/h2,4-6,8-9,17,22H,1,3,7,10-16,19-20H2,(H,32,37). The predicted molar refractivity (Wildman–Crippen MR) is 150 cm³/mol. The molecule has 1 aromatic carbocycles. The molecule has 0 spiro atoms. The number of Topliss-reactive ketones (excluding diaryl/α,β-unsaturated/α-hetero) is 1. The Labute approximate surface area is 234 Å². The van der Waals surface area contributed by atoms with E-state index in [1.165, 1.54) is 0 Å². The molecule has 2 fully saturated rings. The second kappa shape index (κ2) is 12.9. The largest absolute Gasteiger partial charge is 0.355 e. The van der Waals surface area contributed by atoms with E-state index >= 15 is 0 Å². The molecule has 4 rings (SSSR count). The smallest absolute Gasteiger partial charge is 0.239 e. The topological polar surface area (TPSA) is 141 Å². The van der Waals surface area contributed by atoms with Crippen molar-refractivity contribution in [3.05, 3.63) is 71.4 Å².